The topological polar surface area (TPSA) is 84.0 Å². The van der Waals surface area contributed by atoms with Crippen LogP contribution in [-0.4, -0.2) is 64.0 Å². The maximum Gasteiger partial charge on any atom is 0.220 e. The van der Waals surface area contributed by atoms with Gasteiger partial charge in [0.1, 0.15) is 0 Å². The van der Waals surface area contributed by atoms with Gasteiger partial charge in [-0.25, -0.2) is 0 Å². The molecule has 164 valence electrons. The number of rotatable bonds is 12. The molecule has 0 radical (unpaired) electrons. The number of aliphatic imine (C=N–C) groups is 1. The van der Waals surface area contributed by atoms with E-state index in [4.69, 9.17) is 9.47 Å². The van der Waals surface area contributed by atoms with Crippen LogP contribution in [0.3, 0.4) is 0 Å². The van der Waals surface area contributed by atoms with Crippen molar-refractivity contribution >= 4 is 35.8 Å². The van der Waals surface area contributed by atoms with E-state index in [-0.39, 0.29) is 36.0 Å². The molecule has 28 heavy (non-hydrogen) atoms. The summed E-state index contributed by atoms with van der Waals surface area (Å²) in [4.78, 5) is 16.5. The van der Waals surface area contributed by atoms with Crippen molar-refractivity contribution in [2.24, 2.45) is 10.9 Å². The van der Waals surface area contributed by atoms with Gasteiger partial charge in [0.25, 0.3) is 0 Å². The molecule has 3 N–H and O–H groups in total. The predicted octanol–water partition coefficient (Wildman–Crippen LogP) is 2.44. The third-order valence-corrected chi connectivity index (χ3v) is 5.08. The van der Waals surface area contributed by atoms with Gasteiger partial charge in [0.05, 0.1) is 12.7 Å². The standard InChI is InChI=1S/C20H38N4O3.HI/c1-2-21-20(23-10-6-13-26-16-18-9-5-14-27-18)24-12-11-22-19(25)15-17-7-3-4-8-17;/h17-18H,2-16H2,1H3,(H,22,25)(H2,21,23,24);1H. The average molecular weight is 510 g/mol. The number of carbonyl (C=O) groups is 1. The lowest BCUT2D eigenvalue weighted by atomic mass is 10.0. The van der Waals surface area contributed by atoms with Crippen molar-refractivity contribution in [3.05, 3.63) is 0 Å². The number of hydrogen-bond acceptors (Lipinski definition) is 4. The number of carbonyl (C=O) groups excluding carboxylic acids is 1. The van der Waals surface area contributed by atoms with Crippen LogP contribution in [0.5, 0.6) is 0 Å². The van der Waals surface area contributed by atoms with E-state index in [9.17, 15) is 4.79 Å². The first kappa shape index (κ1) is 25.4. The Kier molecular flexibility index (Phi) is 14.7. The molecule has 1 unspecified atom stereocenters. The molecule has 7 nitrogen and oxygen atoms in total. The summed E-state index contributed by atoms with van der Waals surface area (Å²) in [6, 6.07) is 0. The number of halogens is 1. The van der Waals surface area contributed by atoms with Crippen LogP contribution in [0.25, 0.3) is 0 Å². The minimum absolute atomic E-state index is 0. The molecule has 2 fully saturated rings. The fraction of sp³-hybridized carbons (Fsp3) is 0.900. The Hall–Kier alpha value is -0.610. The first-order chi connectivity index (χ1) is 13.3. The lowest BCUT2D eigenvalue weighted by molar-refractivity contribution is -0.121. The van der Waals surface area contributed by atoms with Crippen LogP contribution in [0.1, 0.15) is 58.3 Å². The van der Waals surface area contributed by atoms with E-state index >= 15 is 0 Å². The number of nitrogens with one attached hydrogen (secondary N) is 3. The second-order valence-corrected chi connectivity index (χ2v) is 7.46. The highest BCUT2D eigenvalue weighted by atomic mass is 127. The van der Waals surface area contributed by atoms with Crippen LogP contribution in [0.4, 0.5) is 0 Å². The van der Waals surface area contributed by atoms with Crippen molar-refractivity contribution in [1.29, 1.82) is 0 Å². The lowest BCUT2D eigenvalue weighted by Gasteiger charge is -2.13. The smallest absolute Gasteiger partial charge is 0.220 e. The van der Waals surface area contributed by atoms with Gasteiger partial charge in [0, 0.05) is 45.8 Å². The van der Waals surface area contributed by atoms with Crippen LogP contribution < -0.4 is 16.0 Å². The van der Waals surface area contributed by atoms with E-state index in [1.165, 1.54) is 25.7 Å². The summed E-state index contributed by atoms with van der Waals surface area (Å²) in [6.45, 7) is 7.16. The van der Waals surface area contributed by atoms with Gasteiger partial charge >= 0.3 is 0 Å². The molecular formula is C20H39IN4O3. The van der Waals surface area contributed by atoms with Crippen molar-refractivity contribution in [3.63, 3.8) is 0 Å². The molecular weight excluding hydrogens is 471 g/mol. The molecule has 1 saturated heterocycles. The number of guanidine groups is 1. The first-order valence-corrected chi connectivity index (χ1v) is 10.8. The Morgan fingerprint density at radius 3 is 2.61 bits per heavy atom. The number of hydrogen-bond donors (Lipinski definition) is 3. The normalized spacial score (nSPS) is 20.0. The molecule has 1 amide bonds. The Labute approximate surface area is 187 Å². The number of nitrogens with zero attached hydrogens (tertiary/aromatic N) is 1. The van der Waals surface area contributed by atoms with Gasteiger partial charge in [-0.3, -0.25) is 9.79 Å². The van der Waals surface area contributed by atoms with Crippen LogP contribution in [-0.2, 0) is 14.3 Å². The Morgan fingerprint density at radius 2 is 1.89 bits per heavy atom. The largest absolute Gasteiger partial charge is 0.379 e. The molecule has 1 aliphatic carbocycles. The van der Waals surface area contributed by atoms with Crippen LogP contribution in [0.2, 0.25) is 0 Å². The van der Waals surface area contributed by atoms with Gasteiger partial charge in [-0.2, -0.15) is 0 Å². The maximum atomic E-state index is 11.9. The summed E-state index contributed by atoms with van der Waals surface area (Å²) in [5.41, 5.74) is 0. The van der Waals surface area contributed by atoms with E-state index in [1.807, 2.05) is 6.92 Å². The molecule has 1 aliphatic heterocycles. The van der Waals surface area contributed by atoms with E-state index in [1.54, 1.807) is 0 Å². The van der Waals surface area contributed by atoms with Crippen LogP contribution >= 0.6 is 24.0 Å². The molecule has 8 heteroatoms. The van der Waals surface area contributed by atoms with Crippen molar-refractivity contribution in [2.75, 3.05) is 46.0 Å². The summed E-state index contributed by atoms with van der Waals surface area (Å²) in [5.74, 6) is 1.56. The molecule has 2 rings (SSSR count). The van der Waals surface area contributed by atoms with Gasteiger partial charge in [0.2, 0.25) is 5.91 Å². The molecule has 2 aliphatic rings. The highest BCUT2D eigenvalue weighted by Crippen LogP contribution is 2.27. The quantitative estimate of drug-likeness (QED) is 0.163. The fourth-order valence-corrected chi connectivity index (χ4v) is 3.62. The first-order valence-electron chi connectivity index (χ1n) is 10.8. The van der Waals surface area contributed by atoms with Crippen molar-refractivity contribution < 1.29 is 14.3 Å². The average Bonchev–Trinajstić information content (AvgIpc) is 3.35. The highest BCUT2D eigenvalue weighted by Gasteiger charge is 2.18. The summed E-state index contributed by atoms with van der Waals surface area (Å²) in [6.07, 6.45) is 9.10. The summed E-state index contributed by atoms with van der Waals surface area (Å²) in [5, 5.41) is 9.50. The SMILES string of the molecule is CCNC(=NCCCOCC1CCCO1)NCCNC(=O)CC1CCCC1.I. The minimum atomic E-state index is 0. The van der Waals surface area contributed by atoms with Crippen LogP contribution in [0, 0.1) is 5.92 Å². The minimum Gasteiger partial charge on any atom is -0.379 e. The molecule has 1 atom stereocenters. The molecule has 1 saturated carbocycles. The van der Waals surface area contributed by atoms with Gasteiger partial charge in [0.15, 0.2) is 5.96 Å². The third kappa shape index (κ3) is 11.4. The summed E-state index contributed by atoms with van der Waals surface area (Å²) < 4.78 is 11.2. The molecule has 0 spiro atoms. The van der Waals surface area contributed by atoms with E-state index < -0.39 is 0 Å². The van der Waals surface area contributed by atoms with E-state index in [0.717, 1.165) is 44.9 Å². The molecule has 0 aromatic heterocycles. The monoisotopic (exact) mass is 510 g/mol. The van der Waals surface area contributed by atoms with Crippen molar-refractivity contribution in [2.45, 2.75) is 64.4 Å². The lowest BCUT2D eigenvalue weighted by Crippen LogP contribution is -2.41. The van der Waals surface area contributed by atoms with Gasteiger partial charge < -0.3 is 25.4 Å². The van der Waals surface area contributed by atoms with Crippen molar-refractivity contribution in [1.82, 2.24) is 16.0 Å². The Bertz CT molecular complexity index is 439. The number of amides is 1. The second-order valence-electron chi connectivity index (χ2n) is 7.46. The number of ether oxygens (including phenoxy) is 2. The Balaban J connectivity index is 0.00000392. The van der Waals surface area contributed by atoms with Gasteiger partial charge in [-0.05, 0) is 44.9 Å². The second kappa shape index (κ2) is 16.2. The predicted molar refractivity (Wildman–Crippen MR) is 123 cm³/mol. The molecule has 0 aromatic carbocycles. The third-order valence-electron chi connectivity index (χ3n) is 5.08. The van der Waals surface area contributed by atoms with Gasteiger partial charge in [-0.15, -0.1) is 24.0 Å². The molecule has 0 aromatic rings. The zero-order valence-corrected chi connectivity index (χ0v) is 19.7. The van der Waals surface area contributed by atoms with Crippen molar-refractivity contribution in [3.8, 4) is 0 Å². The van der Waals surface area contributed by atoms with E-state index in [0.29, 0.717) is 38.6 Å². The maximum absolute atomic E-state index is 11.9. The molecule has 1 heterocycles. The highest BCUT2D eigenvalue weighted by molar-refractivity contribution is 14.0. The fourth-order valence-electron chi connectivity index (χ4n) is 3.62. The zero-order valence-electron chi connectivity index (χ0n) is 17.3. The van der Waals surface area contributed by atoms with Gasteiger partial charge in [-0.1, -0.05) is 12.8 Å². The molecule has 0 bridgehead atoms. The Morgan fingerprint density at radius 1 is 1.11 bits per heavy atom. The summed E-state index contributed by atoms with van der Waals surface area (Å²) >= 11 is 0. The van der Waals surface area contributed by atoms with Crippen LogP contribution in [0.15, 0.2) is 4.99 Å². The zero-order chi connectivity index (χ0) is 19.2. The summed E-state index contributed by atoms with van der Waals surface area (Å²) in [7, 11) is 0. The van der Waals surface area contributed by atoms with E-state index in [2.05, 4.69) is 20.9 Å².